The molecule has 13 N–H and O–H groups in total. The molecule has 0 radical (unpaired) electrons. The number of carbonyl (C=O) groups excluding carboxylic acids is 8. The molecule has 0 bridgehead atoms. The molecule has 0 unspecified atom stereocenters. The minimum Gasteiger partial charge on any atom is -0.481 e. The molecule has 488 valence electrons. The number of hydrogen-bond donors (Lipinski definition) is 13. The number of carboxylic acid groups (broad SMARTS) is 2. The number of nitrogens with one attached hydrogen (secondary N) is 11. The number of aromatic amines is 3. The van der Waals surface area contributed by atoms with Crippen LogP contribution < -0.4 is 42.5 Å². The second kappa shape index (κ2) is 31.9. The zero-order valence-corrected chi connectivity index (χ0v) is 52.2. The smallest absolute Gasteiger partial charge is 0.326 e. The summed E-state index contributed by atoms with van der Waals surface area (Å²) in [7, 11) is 0. The first-order valence-electron chi connectivity index (χ1n) is 30.6. The molecule has 0 saturated heterocycles. The van der Waals surface area contributed by atoms with Crippen LogP contribution in [0, 0.1) is 27.9 Å². The number of fused-ring (bicyclic) bond motifs is 3. The maximum absolute atomic E-state index is 15.1. The lowest BCUT2D eigenvalue weighted by molar-refractivity contribution is -0.384. The van der Waals surface area contributed by atoms with E-state index in [1.54, 1.807) is 115 Å². The number of nitrogens with zero attached hydrogens (tertiary/aromatic N) is 1. The fraction of sp³-hybridized carbons (Fsp3) is 0.394. The van der Waals surface area contributed by atoms with Gasteiger partial charge in [-0.2, -0.15) is 0 Å². The van der Waals surface area contributed by atoms with Crippen LogP contribution in [0.2, 0.25) is 0 Å². The number of para-hydroxylation sites is 3. The zero-order valence-electron chi connectivity index (χ0n) is 52.2. The highest BCUT2D eigenvalue weighted by Gasteiger charge is 2.38. The number of rotatable bonds is 33. The Kier molecular flexibility index (Phi) is 23.9. The van der Waals surface area contributed by atoms with Crippen LogP contribution in [0.25, 0.3) is 32.7 Å². The molecule has 3 heterocycles. The number of H-pyrrole nitrogens is 3. The summed E-state index contributed by atoms with van der Waals surface area (Å²) in [6.07, 6.45) is 3.88. The average molecular weight is 1270 g/mol. The molecule has 7 aromatic rings. The van der Waals surface area contributed by atoms with E-state index in [4.69, 9.17) is 0 Å². The molecule has 4 aromatic carbocycles. The number of carboxylic acids is 2. The van der Waals surface area contributed by atoms with Crippen LogP contribution in [0.5, 0.6) is 0 Å². The first-order chi connectivity index (χ1) is 43.8. The van der Waals surface area contributed by atoms with E-state index in [9.17, 15) is 58.7 Å². The molecule has 0 spiro atoms. The molecule has 3 aromatic heterocycles. The molecule has 0 aliphatic carbocycles. The minimum atomic E-state index is -1.85. The molecule has 7 rings (SSSR count). The van der Waals surface area contributed by atoms with E-state index in [1.807, 2.05) is 24.3 Å². The van der Waals surface area contributed by atoms with Crippen molar-refractivity contribution in [1.82, 2.24) is 57.5 Å². The number of nitro groups is 1. The molecule has 92 heavy (non-hydrogen) atoms. The van der Waals surface area contributed by atoms with Crippen molar-refractivity contribution in [2.45, 2.75) is 148 Å². The summed E-state index contributed by atoms with van der Waals surface area (Å²) in [6, 6.07) is 15.4. The summed E-state index contributed by atoms with van der Waals surface area (Å²) in [5.74, 6) is -11.3. The van der Waals surface area contributed by atoms with Crippen LogP contribution in [0.15, 0.2) is 116 Å². The maximum atomic E-state index is 15.1. The topological polar surface area (TPSA) is 398 Å². The van der Waals surface area contributed by atoms with Crippen molar-refractivity contribution in [2.75, 3.05) is 0 Å². The number of non-ortho nitro benzene ring substituents is 1. The Morgan fingerprint density at radius 2 is 0.848 bits per heavy atom. The Balaban J connectivity index is 1.13. The van der Waals surface area contributed by atoms with Gasteiger partial charge in [0.15, 0.2) is 0 Å². The molecule has 0 fully saturated rings. The van der Waals surface area contributed by atoms with Gasteiger partial charge in [-0.15, -0.1) is 0 Å². The number of aromatic nitrogens is 3. The van der Waals surface area contributed by atoms with Gasteiger partial charge in [0.1, 0.15) is 48.3 Å². The number of hydrogen-bond acceptors (Lipinski definition) is 12. The van der Waals surface area contributed by atoms with Crippen LogP contribution >= 0.6 is 0 Å². The first-order valence-corrected chi connectivity index (χ1v) is 30.6. The van der Waals surface area contributed by atoms with Gasteiger partial charge in [-0.3, -0.25) is 53.3 Å². The largest absolute Gasteiger partial charge is 0.481 e. The molecule has 0 saturated carbocycles. The average Bonchev–Trinajstić information content (AvgIpc) is 1.70. The molecule has 26 nitrogen and oxygen atoms in total. The van der Waals surface area contributed by atoms with Gasteiger partial charge in [-0.05, 0) is 64.6 Å². The number of benzene rings is 4. The van der Waals surface area contributed by atoms with Crippen molar-refractivity contribution in [1.29, 1.82) is 0 Å². The van der Waals surface area contributed by atoms with Crippen LogP contribution in [0.4, 0.5) is 5.69 Å². The minimum absolute atomic E-state index is 0.0808. The summed E-state index contributed by atoms with van der Waals surface area (Å²) in [6.45, 7) is 11.5. The number of carbonyl (C=O) groups is 10. The fourth-order valence-corrected chi connectivity index (χ4v) is 11.0. The van der Waals surface area contributed by atoms with E-state index < -0.39 is 131 Å². The van der Waals surface area contributed by atoms with Crippen molar-refractivity contribution in [2.24, 2.45) is 17.8 Å². The van der Waals surface area contributed by atoms with E-state index in [0.29, 0.717) is 50.5 Å². The van der Waals surface area contributed by atoms with Crippen LogP contribution in [-0.2, 0) is 73.6 Å². The third-order valence-corrected chi connectivity index (χ3v) is 16.4. The normalized spacial score (nSPS) is 14.7. The zero-order chi connectivity index (χ0) is 66.9. The van der Waals surface area contributed by atoms with Crippen molar-refractivity contribution in [3.8, 4) is 0 Å². The Morgan fingerprint density at radius 1 is 0.467 bits per heavy atom. The maximum Gasteiger partial charge on any atom is 0.326 e. The molecule has 0 aliphatic heterocycles. The van der Waals surface area contributed by atoms with Gasteiger partial charge in [-0.1, -0.05) is 121 Å². The first kappa shape index (κ1) is 69.1. The van der Waals surface area contributed by atoms with E-state index in [1.165, 1.54) is 25.1 Å². The van der Waals surface area contributed by atoms with Gasteiger partial charge in [-0.25, -0.2) is 4.79 Å². The van der Waals surface area contributed by atoms with Crippen molar-refractivity contribution < 1.29 is 63.1 Å². The molecule has 10 atom stereocenters. The van der Waals surface area contributed by atoms with E-state index in [-0.39, 0.29) is 50.1 Å². The summed E-state index contributed by atoms with van der Waals surface area (Å²) in [5, 5.41) is 55.5. The fourth-order valence-electron chi connectivity index (χ4n) is 11.0. The highest BCUT2D eigenvalue weighted by molar-refractivity contribution is 6.00. The Morgan fingerprint density at radius 3 is 1.27 bits per heavy atom. The van der Waals surface area contributed by atoms with Crippen LogP contribution in [0.3, 0.4) is 0 Å². The van der Waals surface area contributed by atoms with Crippen molar-refractivity contribution in [3.05, 3.63) is 148 Å². The monoisotopic (exact) mass is 1260 g/mol. The number of amides is 8. The predicted molar refractivity (Wildman–Crippen MR) is 342 cm³/mol. The van der Waals surface area contributed by atoms with Gasteiger partial charge in [0.05, 0.1) is 11.3 Å². The van der Waals surface area contributed by atoms with Gasteiger partial charge < -0.3 is 67.7 Å². The van der Waals surface area contributed by atoms with Gasteiger partial charge >= 0.3 is 11.9 Å². The second-order valence-electron chi connectivity index (χ2n) is 23.7. The van der Waals surface area contributed by atoms with Gasteiger partial charge in [0.25, 0.3) is 5.69 Å². The quantitative estimate of drug-likeness (QED) is 0.0192. The second-order valence-corrected chi connectivity index (χ2v) is 23.7. The van der Waals surface area contributed by atoms with Crippen molar-refractivity contribution >= 4 is 97.6 Å². The van der Waals surface area contributed by atoms with E-state index >= 15 is 9.59 Å². The lowest BCUT2D eigenvalue weighted by Gasteiger charge is -2.31. The lowest BCUT2D eigenvalue weighted by atomic mass is 9.94. The molecular weight excluding hydrogens is 1180 g/mol. The highest BCUT2D eigenvalue weighted by atomic mass is 16.6. The summed E-state index contributed by atoms with van der Waals surface area (Å²) >= 11 is 0. The van der Waals surface area contributed by atoms with Crippen LogP contribution in [-0.4, -0.2) is 138 Å². The van der Waals surface area contributed by atoms with Gasteiger partial charge in [0.2, 0.25) is 47.3 Å². The lowest BCUT2D eigenvalue weighted by Crippen LogP contribution is -2.62. The Labute approximate surface area is 530 Å². The molecule has 8 amide bonds. The van der Waals surface area contributed by atoms with Gasteiger partial charge in [0, 0.05) is 96.0 Å². The third kappa shape index (κ3) is 18.4. The number of aliphatic carboxylic acids is 2. The molecule has 0 aliphatic rings. The summed E-state index contributed by atoms with van der Waals surface area (Å²) < 4.78 is 0. The Hall–Kier alpha value is -10.4. The number of nitro benzene ring substituents is 1. The van der Waals surface area contributed by atoms with E-state index in [0.717, 1.165) is 10.9 Å². The highest BCUT2D eigenvalue weighted by Crippen LogP contribution is 2.24. The molecule has 26 heteroatoms. The predicted octanol–water partition coefficient (Wildman–Crippen LogP) is 4.91. The summed E-state index contributed by atoms with van der Waals surface area (Å²) in [4.78, 5) is 160. The third-order valence-electron chi connectivity index (χ3n) is 16.4. The van der Waals surface area contributed by atoms with E-state index in [2.05, 4.69) is 57.5 Å². The van der Waals surface area contributed by atoms with Crippen molar-refractivity contribution in [3.63, 3.8) is 0 Å². The Bertz CT molecular complexity index is 3840. The van der Waals surface area contributed by atoms with Crippen LogP contribution in [0.1, 0.15) is 96.4 Å². The SMILES string of the molecule is CC[C@H](C)[C@H](NC(=O)[C@H](CC(=O)O)NC(=O)[C@H](CC(C)C)NC(=O)[C@@H](Cc1c[nH]c2ccccc12)NC(=O)[C@@H](Cc1c[nH]c2ccccc12)NC(=O)[C@H](Cc1cccc([N+](=O)[O-])c1)NC(C)=O)C(=O)N[C@H](C(=O)N[C@@H](Cc1c[nH]c2ccccc12)C(=O)O)[C@@H](C)CC. The molecular formula is C66H80N12O14. The standard InChI is InChI=1S/C66H80N12O14/c1-8-36(5)57(64(87)75-55(66(89)90)30-42-34-69-49-24-15-12-21-46(42)49)77-65(88)58(37(6)9-2)76-63(86)54(31-56(80)81)74-59(82)50(25-35(3)4)71-61(84)52(28-40-32-67-47-22-13-10-19-44(40)47)73-62(85)53(29-41-33-68-48-23-14-11-20-45(41)48)72-60(83)51(70-38(7)79)27-39-17-16-18-43(26-39)78(91)92/h10-24,26,32-37,50-55,57-58,67-69H,8-9,25,27-31H2,1-7H3,(H,70,79)(H,71,84)(H,72,83)(H,73,85)(H,74,82)(H,75,87)(H,76,86)(H,77,88)(H,80,81)(H,89,90)/t36-,37-,50-,51-,52+,53+,54-,55-,57-,58-/m0/s1. The summed E-state index contributed by atoms with van der Waals surface area (Å²) in [5.41, 5.74) is 4.03.